The van der Waals surface area contributed by atoms with Crippen molar-refractivity contribution in [1.82, 2.24) is 0 Å². The van der Waals surface area contributed by atoms with Crippen LogP contribution in [0, 0.1) is 13.0 Å². The fraction of sp³-hybridized carbons (Fsp3) is 0.333. The summed E-state index contributed by atoms with van der Waals surface area (Å²) >= 11 is 0. The molecule has 0 amide bonds. The predicted molar refractivity (Wildman–Crippen MR) is 39.4 cm³/mol. The minimum Gasteiger partial charge on any atom is -0.180 e. The van der Waals surface area contributed by atoms with Gasteiger partial charge >= 0.3 is 21.1 Å². The second-order valence-electron chi connectivity index (χ2n) is 2.19. The Labute approximate surface area is 76.9 Å². The zero-order valence-corrected chi connectivity index (χ0v) is 9.28. The second kappa shape index (κ2) is 4.68. The molecule has 0 atom stereocenters. The molecule has 0 unspecified atom stereocenters. The summed E-state index contributed by atoms with van der Waals surface area (Å²) in [5, 5.41) is 0. The predicted octanol–water partition coefficient (Wildman–Crippen LogP) is 2.36. The standard InChI is InChI=1S/C9H11.W/c1-3-9-7-5-4-6-8(9)2;/h4-6H,3H2,1-2H3;/q-1;+2. The van der Waals surface area contributed by atoms with Crippen LogP contribution in [0.1, 0.15) is 18.1 Å². The molecule has 1 heteroatoms. The van der Waals surface area contributed by atoms with Gasteiger partial charge in [-0.3, -0.25) is 0 Å². The number of benzene rings is 1. The first-order chi connectivity index (χ1) is 4.34. The average Bonchev–Trinajstić information content (AvgIpc) is 1.89. The average molecular weight is 303 g/mol. The third-order valence-corrected chi connectivity index (χ3v) is 1.53. The molecule has 0 aliphatic rings. The summed E-state index contributed by atoms with van der Waals surface area (Å²) in [6.45, 7) is 4.27. The van der Waals surface area contributed by atoms with Crippen LogP contribution >= 0.6 is 0 Å². The van der Waals surface area contributed by atoms with E-state index < -0.39 is 0 Å². The van der Waals surface area contributed by atoms with Gasteiger partial charge in [0, 0.05) is 0 Å². The maximum absolute atomic E-state index is 3.19. The van der Waals surface area contributed by atoms with E-state index in [0.717, 1.165) is 6.42 Å². The Balaban J connectivity index is 0.000000810. The van der Waals surface area contributed by atoms with Gasteiger partial charge in [-0.15, -0.1) is 0 Å². The molecule has 1 rings (SSSR count). The second-order valence-corrected chi connectivity index (χ2v) is 2.19. The maximum atomic E-state index is 3.19. The van der Waals surface area contributed by atoms with E-state index in [2.05, 4.69) is 26.0 Å². The minimum atomic E-state index is 0. The van der Waals surface area contributed by atoms with Gasteiger partial charge in [0.05, 0.1) is 0 Å². The molecule has 1 aromatic rings. The van der Waals surface area contributed by atoms with Crippen molar-refractivity contribution in [3.8, 4) is 0 Å². The zero-order valence-electron chi connectivity index (χ0n) is 6.35. The summed E-state index contributed by atoms with van der Waals surface area (Å²) < 4.78 is 0. The molecule has 0 bridgehead atoms. The molecule has 0 aliphatic carbocycles. The van der Waals surface area contributed by atoms with Crippen molar-refractivity contribution in [2.45, 2.75) is 20.3 Å². The minimum absolute atomic E-state index is 0. The van der Waals surface area contributed by atoms with E-state index in [9.17, 15) is 0 Å². The van der Waals surface area contributed by atoms with Crippen LogP contribution in [0.5, 0.6) is 0 Å². The molecule has 10 heavy (non-hydrogen) atoms. The van der Waals surface area contributed by atoms with E-state index in [-0.39, 0.29) is 21.1 Å². The smallest absolute Gasteiger partial charge is 0.180 e. The number of aryl methyl sites for hydroxylation is 2. The molecular formula is C9H11W+. The van der Waals surface area contributed by atoms with Gasteiger partial charge in [0.25, 0.3) is 0 Å². The van der Waals surface area contributed by atoms with E-state index in [0.29, 0.717) is 0 Å². The van der Waals surface area contributed by atoms with Gasteiger partial charge in [-0.25, -0.2) is 0 Å². The van der Waals surface area contributed by atoms with Crippen LogP contribution in [0.2, 0.25) is 0 Å². The Bertz CT molecular complexity index is 194. The molecule has 0 saturated carbocycles. The van der Waals surface area contributed by atoms with Crippen LogP contribution < -0.4 is 0 Å². The van der Waals surface area contributed by atoms with Crippen LogP contribution in [0.15, 0.2) is 18.2 Å². The fourth-order valence-corrected chi connectivity index (χ4v) is 0.936. The molecule has 0 aromatic heterocycles. The molecule has 0 radical (unpaired) electrons. The van der Waals surface area contributed by atoms with Crippen molar-refractivity contribution in [2.75, 3.05) is 0 Å². The SMILES string of the molecule is CCc1[c-]cccc1C.[W+2]. The van der Waals surface area contributed by atoms with Gasteiger partial charge in [0.15, 0.2) is 0 Å². The van der Waals surface area contributed by atoms with Crippen molar-refractivity contribution in [2.24, 2.45) is 0 Å². The molecule has 0 saturated heterocycles. The first kappa shape index (κ1) is 9.91. The van der Waals surface area contributed by atoms with Gasteiger partial charge in [0.1, 0.15) is 0 Å². The summed E-state index contributed by atoms with van der Waals surface area (Å²) in [5.41, 5.74) is 2.68. The summed E-state index contributed by atoms with van der Waals surface area (Å²) in [6.07, 6.45) is 1.09. The van der Waals surface area contributed by atoms with Crippen LogP contribution in [0.3, 0.4) is 0 Å². The van der Waals surface area contributed by atoms with Gasteiger partial charge in [0.2, 0.25) is 0 Å². The van der Waals surface area contributed by atoms with Crippen molar-refractivity contribution in [3.63, 3.8) is 0 Å². The molecule has 0 heterocycles. The number of hydrogen-bond donors (Lipinski definition) is 0. The Hall–Kier alpha value is -0.0917. The maximum Gasteiger partial charge on any atom is 2.00 e. The normalized spacial score (nSPS) is 8.60. The van der Waals surface area contributed by atoms with E-state index in [1.54, 1.807) is 0 Å². The molecular weight excluding hydrogens is 292 g/mol. The van der Waals surface area contributed by atoms with Crippen LogP contribution in [-0.2, 0) is 27.5 Å². The Morgan fingerprint density at radius 2 is 2.20 bits per heavy atom. The quantitative estimate of drug-likeness (QED) is 0.699. The number of hydrogen-bond acceptors (Lipinski definition) is 0. The summed E-state index contributed by atoms with van der Waals surface area (Å²) in [7, 11) is 0. The van der Waals surface area contributed by atoms with Crippen molar-refractivity contribution in [1.29, 1.82) is 0 Å². The molecule has 0 spiro atoms. The van der Waals surface area contributed by atoms with Crippen LogP contribution in [-0.4, -0.2) is 0 Å². The third kappa shape index (κ3) is 2.27. The van der Waals surface area contributed by atoms with Gasteiger partial charge in [-0.1, -0.05) is 20.3 Å². The van der Waals surface area contributed by atoms with E-state index in [1.807, 2.05) is 12.1 Å². The van der Waals surface area contributed by atoms with Gasteiger partial charge < -0.3 is 0 Å². The molecule has 0 fully saturated rings. The van der Waals surface area contributed by atoms with E-state index in [4.69, 9.17) is 0 Å². The van der Waals surface area contributed by atoms with E-state index >= 15 is 0 Å². The molecule has 0 N–H and O–H groups in total. The van der Waals surface area contributed by atoms with Gasteiger partial charge in [-0.05, 0) is 0 Å². The summed E-state index contributed by atoms with van der Waals surface area (Å²) in [6, 6.07) is 9.29. The Morgan fingerprint density at radius 1 is 1.50 bits per heavy atom. The summed E-state index contributed by atoms with van der Waals surface area (Å²) in [5.74, 6) is 0. The number of rotatable bonds is 1. The van der Waals surface area contributed by atoms with E-state index in [1.165, 1.54) is 11.1 Å². The summed E-state index contributed by atoms with van der Waals surface area (Å²) in [4.78, 5) is 0. The van der Waals surface area contributed by atoms with Gasteiger partial charge in [-0.2, -0.15) is 35.4 Å². The first-order valence-electron chi connectivity index (χ1n) is 3.30. The topological polar surface area (TPSA) is 0 Å². The third-order valence-electron chi connectivity index (χ3n) is 1.53. The van der Waals surface area contributed by atoms with Crippen molar-refractivity contribution >= 4 is 0 Å². The largest absolute Gasteiger partial charge is 2.00 e. The van der Waals surface area contributed by atoms with Crippen LogP contribution in [0.25, 0.3) is 0 Å². The fourth-order valence-electron chi connectivity index (χ4n) is 0.936. The molecule has 1 aromatic carbocycles. The Morgan fingerprint density at radius 3 is 2.60 bits per heavy atom. The monoisotopic (exact) mass is 303 g/mol. The molecule has 52 valence electrons. The van der Waals surface area contributed by atoms with Crippen molar-refractivity contribution < 1.29 is 21.1 Å². The first-order valence-corrected chi connectivity index (χ1v) is 3.30. The molecule has 0 aliphatic heterocycles. The van der Waals surface area contributed by atoms with Crippen LogP contribution in [0.4, 0.5) is 0 Å². The Kier molecular flexibility index (Phi) is 4.64. The molecule has 0 nitrogen and oxygen atoms in total. The van der Waals surface area contributed by atoms with Crippen molar-refractivity contribution in [3.05, 3.63) is 35.4 Å². The zero-order chi connectivity index (χ0) is 6.69.